The summed E-state index contributed by atoms with van der Waals surface area (Å²) < 4.78 is 69.9. The van der Waals surface area contributed by atoms with Crippen LogP contribution in [0.2, 0.25) is 0 Å². The van der Waals surface area contributed by atoms with E-state index in [0.29, 0.717) is 58.2 Å². The monoisotopic (exact) mass is 700 g/mol. The van der Waals surface area contributed by atoms with Crippen molar-refractivity contribution >= 4 is 20.4 Å². The van der Waals surface area contributed by atoms with Gasteiger partial charge in [-0.15, -0.1) is 0 Å². The molecule has 3 aromatic rings. The Morgan fingerprint density at radius 1 is 0.562 bits per heavy atom. The highest BCUT2D eigenvalue weighted by atomic mass is 32.3. The van der Waals surface area contributed by atoms with Crippen LogP contribution in [-0.2, 0) is 28.0 Å². The summed E-state index contributed by atoms with van der Waals surface area (Å²) in [6, 6.07) is 22.6. The molecular formula is C37H48O9S2. The van der Waals surface area contributed by atoms with Crippen molar-refractivity contribution in [1.82, 2.24) is 0 Å². The van der Waals surface area contributed by atoms with Crippen molar-refractivity contribution in [3.63, 3.8) is 0 Å². The van der Waals surface area contributed by atoms with Gasteiger partial charge in [0.25, 0.3) is 10.1 Å². The summed E-state index contributed by atoms with van der Waals surface area (Å²) in [4.78, 5) is 2.15. The van der Waals surface area contributed by atoms with E-state index >= 15 is 0 Å². The van der Waals surface area contributed by atoms with E-state index in [1.807, 2.05) is 79.7 Å². The van der Waals surface area contributed by atoms with Crippen molar-refractivity contribution in [3.05, 3.63) is 72.8 Å². The van der Waals surface area contributed by atoms with Crippen molar-refractivity contribution < 1.29 is 40.5 Å². The maximum atomic E-state index is 13.8. The molecule has 6 rings (SSSR count). The van der Waals surface area contributed by atoms with Gasteiger partial charge in [-0.25, -0.2) is 3.63 Å². The average Bonchev–Trinajstić information content (AvgIpc) is 3.12. The van der Waals surface area contributed by atoms with Crippen molar-refractivity contribution in [3.8, 4) is 17.2 Å². The Morgan fingerprint density at radius 2 is 0.917 bits per heavy atom. The lowest BCUT2D eigenvalue weighted by molar-refractivity contribution is -0.106. The van der Waals surface area contributed by atoms with E-state index in [-0.39, 0.29) is 24.6 Å². The first-order valence-electron chi connectivity index (χ1n) is 17.4. The molecule has 9 nitrogen and oxygen atoms in total. The Balaban J connectivity index is 1.39. The van der Waals surface area contributed by atoms with Crippen LogP contribution in [0.4, 0.5) is 0 Å². The fourth-order valence-corrected chi connectivity index (χ4v) is 11.5. The third kappa shape index (κ3) is 9.05. The first kappa shape index (κ1) is 35.0. The number of rotatable bonds is 14. The normalized spacial score (nSPS) is 23.8. The van der Waals surface area contributed by atoms with Crippen LogP contribution >= 0.6 is 10.3 Å². The fourth-order valence-electron chi connectivity index (χ4n) is 6.03. The zero-order valence-electron chi connectivity index (χ0n) is 27.8. The molecule has 0 aliphatic carbocycles. The highest BCUT2D eigenvalue weighted by Gasteiger charge is 2.38. The van der Waals surface area contributed by atoms with E-state index in [1.165, 1.54) is 0 Å². The molecule has 0 saturated carbocycles. The Bertz CT molecular complexity index is 1360. The number of hydrogen-bond acceptors (Lipinski definition) is 9. The molecular weight excluding hydrogens is 653 g/mol. The van der Waals surface area contributed by atoms with Crippen molar-refractivity contribution in [2.45, 2.75) is 111 Å². The topological polar surface area (TPSA) is 98.8 Å². The Hall–Kier alpha value is -2.80. The third-order valence-corrected chi connectivity index (χ3v) is 13.9. The van der Waals surface area contributed by atoms with Crippen LogP contribution in [0.1, 0.15) is 77.6 Å². The third-order valence-electron chi connectivity index (χ3n) is 8.64. The first-order chi connectivity index (χ1) is 23.4. The molecule has 3 fully saturated rings. The number of ether oxygens (including phenoxy) is 6. The molecule has 0 amide bonds. The second-order valence-electron chi connectivity index (χ2n) is 12.4. The molecule has 262 valence electrons. The quantitative estimate of drug-likeness (QED) is 0.163. The number of benzene rings is 3. The maximum Gasteiger partial charge on any atom is 0.277 e. The van der Waals surface area contributed by atoms with Crippen LogP contribution in [0.15, 0.2) is 87.5 Å². The minimum atomic E-state index is -3.96. The summed E-state index contributed by atoms with van der Waals surface area (Å²) in [6.07, 6.45) is 9.07. The molecule has 3 heterocycles. The van der Waals surface area contributed by atoms with E-state index < -0.39 is 20.4 Å². The van der Waals surface area contributed by atoms with Crippen molar-refractivity contribution in [2.24, 2.45) is 0 Å². The SMILES string of the molecule is CCCCS(=O)(=O)OS(c1ccc(OC2CCCCO2)cc1)(c1ccc(OC2CCCCO2)cc1)c1ccc(OC2CCCCO2)cc1. The summed E-state index contributed by atoms with van der Waals surface area (Å²) in [7, 11) is -6.78. The largest absolute Gasteiger partial charge is 0.465 e. The lowest BCUT2D eigenvalue weighted by atomic mass is 10.2. The Kier molecular flexibility index (Phi) is 12.2. The fraction of sp³-hybridized carbons (Fsp3) is 0.514. The highest BCUT2D eigenvalue weighted by Crippen LogP contribution is 2.70. The minimum Gasteiger partial charge on any atom is -0.465 e. The van der Waals surface area contributed by atoms with Gasteiger partial charge in [-0.05, 0) is 128 Å². The average molecular weight is 701 g/mol. The van der Waals surface area contributed by atoms with Gasteiger partial charge in [-0.3, -0.25) is 0 Å². The summed E-state index contributed by atoms with van der Waals surface area (Å²) in [5, 5.41) is 0. The maximum absolute atomic E-state index is 13.8. The van der Waals surface area contributed by atoms with Gasteiger partial charge in [-0.1, -0.05) is 13.3 Å². The molecule has 0 aromatic heterocycles. The van der Waals surface area contributed by atoms with Gasteiger partial charge in [-0.2, -0.15) is 8.42 Å². The van der Waals surface area contributed by atoms with Crippen LogP contribution in [0.25, 0.3) is 0 Å². The molecule has 0 bridgehead atoms. The molecule has 48 heavy (non-hydrogen) atoms. The van der Waals surface area contributed by atoms with Crippen LogP contribution < -0.4 is 14.2 Å². The summed E-state index contributed by atoms with van der Waals surface area (Å²) in [5.41, 5.74) is 0. The molecule has 0 N–H and O–H groups in total. The van der Waals surface area contributed by atoms with Gasteiger partial charge >= 0.3 is 0 Å². The summed E-state index contributed by atoms with van der Waals surface area (Å²) in [5.74, 6) is 1.87. The van der Waals surface area contributed by atoms with Crippen LogP contribution in [0.5, 0.6) is 17.2 Å². The molecule has 3 aliphatic heterocycles. The molecule has 0 radical (unpaired) electrons. The minimum absolute atomic E-state index is 0.0844. The van der Waals surface area contributed by atoms with Gasteiger partial charge in [0, 0.05) is 33.9 Å². The van der Waals surface area contributed by atoms with E-state index in [0.717, 1.165) is 64.2 Å². The van der Waals surface area contributed by atoms with Gasteiger partial charge in [0.2, 0.25) is 0 Å². The second kappa shape index (κ2) is 16.7. The van der Waals surface area contributed by atoms with Gasteiger partial charge in [0.1, 0.15) is 17.2 Å². The molecule has 0 spiro atoms. The van der Waals surface area contributed by atoms with E-state index in [4.69, 9.17) is 32.1 Å². The van der Waals surface area contributed by atoms with E-state index in [2.05, 4.69) is 0 Å². The molecule has 3 aliphatic rings. The van der Waals surface area contributed by atoms with E-state index in [1.54, 1.807) is 0 Å². The van der Waals surface area contributed by atoms with Gasteiger partial charge < -0.3 is 28.4 Å². The van der Waals surface area contributed by atoms with Crippen LogP contribution in [0, 0.1) is 0 Å². The summed E-state index contributed by atoms with van der Waals surface area (Å²) in [6.45, 7) is 4.00. The zero-order chi connectivity index (χ0) is 33.2. The Labute approximate surface area is 286 Å². The van der Waals surface area contributed by atoms with Crippen LogP contribution in [-0.4, -0.2) is 52.9 Å². The van der Waals surface area contributed by atoms with Crippen LogP contribution in [0.3, 0.4) is 0 Å². The number of hydrogen-bond donors (Lipinski definition) is 0. The first-order valence-corrected chi connectivity index (χ1v) is 20.5. The smallest absolute Gasteiger partial charge is 0.277 e. The molecule has 3 aromatic carbocycles. The highest BCUT2D eigenvalue weighted by molar-refractivity contribution is 8.33. The van der Waals surface area contributed by atoms with Gasteiger partial charge in [0.15, 0.2) is 18.9 Å². The standard InChI is InChI=1S/C37H48O9S2/c1-2-3-28-47(38,39)46-48(32-19-13-29(14-20-32)43-35-10-4-7-25-40-35,33-21-15-30(16-22-33)44-36-11-5-8-26-41-36)34-23-17-31(18-24-34)45-37-12-6-9-27-42-37/h13-24,35-37H,2-12,25-28H2,1H3. The van der Waals surface area contributed by atoms with Crippen molar-refractivity contribution in [2.75, 3.05) is 25.6 Å². The molecule has 3 saturated heterocycles. The second-order valence-corrected chi connectivity index (χ2v) is 17.0. The lowest BCUT2D eigenvalue weighted by Crippen LogP contribution is -2.25. The van der Waals surface area contributed by atoms with Gasteiger partial charge in [0.05, 0.1) is 25.6 Å². The predicted molar refractivity (Wildman–Crippen MR) is 184 cm³/mol. The Morgan fingerprint density at radius 3 is 1.21 bits per heavy atom. The van der Waals surface area contributed by atoms with E-state index in [9.17, 15) is 8.42 Å². The number of unbranched alkanes of at least 4 members (excludes halogenated alkanes) is 1. The van der Waals surface area contributed by atoms with Crippen molar-refractivity contribution in [1.29, 1.82) is 0 Å². The molecule has 11 heteroatoms. The lowest BCUT2D eigenvalue weighted by Gasteiger charge is -2.39. The molecule has 3 atom stereocenters. The summed E-state index contributed by atoms with van der Waals surface area (Å²) >= 11 is 0. The predicted octanol–water partition coefficient (Wildman–Crippen LogP) is 8.75. The molecule has 3 unspecified atom stereocenters. The zero-order valence-corrected chi connectivity index (χ0v) is 29.4.